The molecule has 1 atom stereocenters. The van der Waals surface area contributed by atoms with E-state index in [1.165, 1.54) is 11.8 Å². The molecule has 0 saturated carbocycles. The number of halogens is 2. The number of carbonyl (C=O) groups is 2. The third kappa shape index (κ3) is 5.23. The largest absolute Gasteiger partial charge is 0.355 e. The first-order valence-corrected chi connectivity index (χ1v) is 7.83. The van der Waals surface area contributed by atoms with Gasteiger partial charge in [0.1, 0.15) is 6.04 Å². The predicted octanol–water partition coefficient (Wildman–Crippen LogP) is 2.73. The third-order valence-electron chi connectivity index (χ3n) is 2.39. The molecule has 0 aliphatic heterocycles. The molecular formula is C13H16Cl2N2O2S. The highest BCUT2D eigenvalue weighted by molar-refractivity contribution is 8.00. The molecule has 1 aromatic carbocycles. The average Bonchev–Trinajstić information content (AvgIpc) is 2.38. The summed E-state index contributed by atoms with van der Waals surface area (Å²) in [7, 11) is 0. The molecule has 0 spiro atoms. The van der Waals surface area contributed by atoms with E-state index in [1.54, 1.807) is 25.1 Å². The van der Waals surface area contributed by atoms with Gasteiger partial charge in [0.15, 0.2) is 0 Å². The SMILES string of the molecule is CCNC(=O)[C@H](C)NC(=O)CSc1c(Cl)cccc1Cl. The normalized spacial score (nSPS) is 11.8. The summed E-state index contributed by atoms with van der Waals surface area (Å²) in [5.41, 5.74) is 0. The molecule has 7 heteroatoms. The van der Waals surface area contributed by atoms with Gasteiger partial charge >= 0.3 is 0 Å². The molecule has 0 aromatic heterocycles. The van der Waals surface area contributed by atoms with Gasteiger partial charge in [-0.1, -0.05) is 29.3 Å². The van der Waals surface area contributed by atoms with E-state index in [1.807, 2.05) is 6.92 Å². The highest BCUT2D eigenvalue weighted by atomic mass is 35.5. The second kappa shape index (κ2) is 8.39. The lowest BCUT2D eigenvalue weighted by Gasteiger charge is -2.13. The Balaban J connectivity index is 2.50. The van der Waals surface area contributed by atoms with Crippen molar-refractivity contribution in [3.8, 4) is 0 Å². The summed E-state index contributed by atoms with van der Waals surface area (Å²) in [6, 6.07) is 4.60. The quantitative estimate of drug-likeness (QED) is 0.786. The Bertz CT molecular complexity index is 477. The zero-order chi connectivity index (χ0) is 15.1. The first-order chi connectivity index (χ1) is 9.45. The lowest BCUT2D eigenvalue weighted by molar-refractivity contribution is -0.127. The van der Waals surface area contributed by atoms with Crippen molar-refractivity contribution in [3.05, 3.63) is 28.2 Å². The smallest absolute Gasteiger partial charge is 0.242 e. The van der Waals surface area contributed by atoms with E-state index in [-0.39, 0.29) is 17.6 Å². The van der Waals surface area contributed by atoms with E-state index in [9.17, 15) is 9.59 Å². The van der Waals surface area contributed by atoms with Crippen LogP contribution in [0.5, 0.6) is 0 Å². The summed E-state index contributed by atoms with van der Waals surface area (Å²) in [6.07, 6.45) is 0. The van der Waals surface area contributed by atoms with Crippen molar-refractivity contribution in [2.75, 3.05) is 12.3 Å². The number of likely N-dealkylation sites (N-methyl/N-ethyl adjacent to an activating group) is 1. The molecule has 110 valence electrons. The van der Waals surface area contributed by atoms with E-state index >= 15 is 0 Å². The highest BCUT2D eigenvalue weighted by Crippen LogP contribution is 2.33. The van der Waals surface area contributed by atoms with Crippen molar-refractivity contribution in [3.63, 3.8) is 0 Å². The fourth-order valence-electron chi connectivity index (χ4n) is 1.43. The number of hydrogen-bond acceptors (Lipinski definition) is 3. The third-order valence-corrected chi connectivity index (χ3v) is 4.38. The second-order valence-corrected chi connectivity index (χ2v) is 5.82. The molecule has 20 heavy (non-hydrogen) atoms. The van der Waals surface area contributed by atoms with Crippen molar-refractivity contribution in [1.29, 1.82) is 0 Å². The van der Waals surface area contributed by atoms with Gasteiger partial charge in [0.05, 0.1) is 15.8 Å². The Kier molecular flexibility index (Phi) is 7.19. The van der Waals surface area contributed by atoms with Crippen LogP contribution in [-0.4, -0.2) is 30.2 Å². The number of carbonyl (C=O) groups excluding carboxylic acids is 2. The van der Waals surface area contributed by atoms with Gasteiger partial charge in [-0.25, -0.2) is 0 Å². The Labute approximate surface area is 132 Å². The van der Waals surface area contributed by atoms with Gasteiger partial charge in [0, 0.05) is 11.4 Å². The minimum atomic E-state index is -0.565. The number of hydrogen-bond donors (Lipinski definition) is 2. The number of nitrogens with one attached hydrogen (secondary N) is 2. The Morgan fingerprint density at radius 1 is 1.30 bits per heavy atom. The molecule has 2 N–H and O–H groups in total. The molecule has 0 heterocycles. The van der Waals surface area contributed by atoms with Crippen LogP contribution >= 0.6 is 35.0 Å². The van der Waals surface area contributed by atoms with Gasteiger partial charge in [-0.3, -0.25) is 9.59 Å². The zero-order valence-corrected chi connectivity index (χ0v) is 13.5. The molecule has 1 aromatic rings. The fourth-order valence-corrected chi connectivity index (χ4v) is 2.93. The average molecular weight is 335 g/mol. The van der Waals surface area contributed by atoms with Crippen molar-refractivity contribution in [2.45, 2.75) is 24.8 Å². The van der Waals surface area contributed by atoms with Crippen LogP contribution in [0, 0.1) is 0 Å². The lowest BCUT2D eigenvalue weighted by Crippen LogP contribution is -2.45. The van der Waals surface area contributed by atoms with Crippen LogP contribution in [0.25, 0.3) is 0 Å². The van der Waals surface area contributed by atoms with E-state index < -0.39 is 6.04 Å². The van der Waals surface area contributed by atoms with E-state index in [0.29, 0.717) is 21.5 Å². The molecule has 0 saturated heterocycles. The maximum Gasteiger partial charge on any atom is 0.242 e. The van der Waals surface area contributed by atoms with Crippen LogP contribution in [0.2, 0.25) is 10.0 Å². The van der Waals surface area contributed by atoms with Gasteiger partial charge in [-0.15, -0.1) is 11.8 Å². The van der Waals surface area contributed by atoms with Crippen LogP contribution in [0.1, 0.15) is 13.8 Å². The van der Waals surface area contributed by atoms with Gasteiger partial charge in [0.25, 0.3) is 0 Å². The molecule has 0 aliphatic rings. The first kappa shape index (κ1) is 17.1. The molecule has 0 aliphatic carbocycles. The predicted molar refractivity (Wildman–Crippen MR) is 83.5 cm³/mol. The summed E-state index contributed by atoms with van der Waals surface area (Å²) >= 11 is 13.3. The summed E-state index contributed by atoms with van der Waals surface area (Å²) in [5, 5.41) is 6.27. The fraction of sp³-hybridized carbons (Fsp3) is 0.385. The van der Waals surface area contributed by atoms with Crippen molar-refractivity contribution >= 4 is 46.8 Å². The molecule has 0 radical (unpaired) electrons. The highest BCUT2D eigenvalue weighted by Gasteiger charge is 2.15. The summed E-state index contributed by atoms with van der Waals surface area (Å²) in [6.45, 7) is 3.99. The van der Waals surface area contributed by atoms with Gasteiger partial charge in [-0.2, -0.15) is 0 Å². The Hall–Kier alpha value is -0.910. The molecule has 4 nitrogen and oxygen atoms in total. The van der Waals surface area contributed by atoms with Crippen molar-refractivity contribution in [2.24, 2.45) is 0 Å². The number of benzene rings is 1. The molecule has 0 unspecified atom stereocenters. The van der Waals surface area contributed by atoms with Crippen LogP contribution in [0.4, 0.5) is 0 Å². The number of thioether (sulfide) groups is 1. The van der Waals surface area contributed by atoms with E-state index in [2.05, 4.69) is 10.6 Å². The van der Waals surface area contributed by atoms with E-state index in [4.69, 9.17) is 23.2 Å². The molecule has 2 amide bonds. The van der Waals surface area contributed by atoms with Crippen LogP contribution in [0.3, 0.4) is 0 Å². The number of rotatable bonds is 6. The summed E-state index contributed by atoms with van der Waals surface area (Å²) in [4.78, 5) is 23.9. The molecule has 0 fully saturated rings. The lowest BCUT2D eigenvalue weighted by atomic mass is 10.3. The summed E-state index contributed by atoms with van der Waals surface area (Å²) < 4.78 is 0. The molecule has 0 bridgehead atoms. The van der Waals surface area contributed by atoms with Crippen molar-refractivity contribution < 1.29 is 9.59 Å². The van der Waals surface area contributed by atoms with E-state index in [0.717, 1.165) is 0 Å². The maximum atomic E-state index is 11.8. The topological polar surface area (TPSA) is 58.2 Å². The standard InChI is InChI=1S/C13H16Cl2N2O2S/c1-3-16-13(19)8(2)17-11(18)7-20-12-9(14)5-4-6-10(12)15/h4-6,8H,3,7H2,1-2H3,(H,16,19)(H,17,18)/t8-/m0/s1. The van der Waals surface area contributed by atoms with Gasteiger partial charge in [-0.05, 0) is 26.0 Å². The van der Waals surface area contributed by atoms with Crippen molar-refractivity contribution in [1.82, 2.24) is 10.6 Å². The Morgan fingerprint density at radius 3 is 2.45 bits per heavy atom. The van der Waals surface area contributed by atoms with Gasteiger partial charge < -0.3 is 10.6 Å². The number of amides is 2. The molecule has 1 rings (SSSR count). The van der Waals surface area contributed by atoms with Crippen LogP contribution in [0.15, 0.2) is 23.1 Å². The monoisotopic (exact) mass is 334 g/mol. The first-order valence-electron chi connectivity index (χ1n) is 6.09. The Morgan fingerprint density at radius 2 is 1.90 bits per heavy atom. The minimum Gasteiger partial charge on any atom is -0.355 e. The minimum absolute atomic E-state index is 0.146. The second-order valence-electron chi connectivity index (χ2n) is 4.02. The zero-order valence-electron chi connectivity index (χ0n) is 11.2. The molecular weight excluding hydrogens is 319 g/mol. The van der Waals surface area contributed by atoms with Crippen LogP contribution < -0.4 is 10.6 Å². The maximum absolute atomic E-state index is 11.8. The van der Waals surface area contributed by atoms with Gasteiger partial charge in [0.2, 0.25) is 11.8 Å². The van der Waals surface area contributed by atoms with Crippen LogP contribution in [-0.2, 0) is 9.59 Å². The summed E-state index contributed by atoms with van der Waals surface area (Å²) in [5.74, 6) is -0.306.